The molecule has 0 bridgehead atoms. The van der Waals surface area contributed by atoms with E-state index >= 15 is 0 Å². The molecular weight excluding hydrogens is 260 g/mol. The fourth-order valence-corrected chi connectivity index (χ4v) is 3.55. The van der Waals surface area contributed by atoms with Crippen LogP contribution < -0.4 is 4.74 Å². The van der Waals surface area contributed by atoms with Crippen LogP contribution in [0.1, 0.15) is 30.4 Å². The Labute approximate surface area is 126 Å². The van der Waals surface area contributed by atoms with E-state index in [0.717, 1.165) is 44.5 Å². The quantitative estimate of drug-likeness (QED) is 0.798. The van der Waals surface area contributed by atoms with Crippen LogP contribution in [0.3, 0.4) is 0 Å². The summed E-state index contributed by atoms with van der Waals surface area (Å²) in [5.41, 5.74) is 4.35. The van der Waals surface area contributed by atoms with Crippen LogP contribution >= 0.6 is 0 Å². The van der Waals surface area contributed by atoms with E-state index in [9.17, 15) is 0 Å². The minimum atomic E-state index is 0.566. The SMILES string of the molecule is COc1ccc2c(c1)C(C1CCN(CC#N)CC1)=CCC2. The van der Waals surface area contributed by atoms with Gasteiger partial charge in [-0.15, -0.1) is 0 Å². The Kier molecular flexibility index (Phi) is 4.26. The first-order valence-corrected chi connectivity index (χ1v) is 7.78. The van der Waals surface area contributed by atoms with Crippen molar-refractivity contribution in [3.8, 4) is 11.8 Å². The number of benzene rings is 1. The van der Waals surface area contributed by atoms with Gasteiger partial charge in [0.15, 0.2) is 0 Å². The first-order chi connectivity index (χ1) is 10.3. The number of rotatable bonds is 3. The van der Waals surface area contributed by atoms with Crippen LogP contribution in [0.2, 0.25) is 0 Å². The molecular formula is C18H22N2O. The third kappa shape index (κ3) is 2.96. The first-order valence-electron chi connectivity index (χ1n) is 7.78. The van der Waals surface area contributed by atoms with Crippen LogP contribution in [0, 0.1) is 17.2 Å². The molecule has 1 aliphatic heterocycles. The lowest BCUT2D eigenvalue weighted by atomic mass is 9.79. The molecule has 21 heavy (non-hydrogen) atoms. The van der Waals surface area contributed by atoms with E-state index in [1.807, 2.05) is 0 Å². The number of aryl methyl sites for hydroxylation is 1. The van der Waals surface area contributed by atoms with Gasteiger partial charge in [-0.25, -0.2) is 0 Å². The van der Waals surface area contributed by atoms with Crippen molar-refractivity contribution >= 4 is 5.57 Å². The molecule has 3 heteroatoms. The average molecular weight is 282 g/mol. The Bertz CT molecular complexity index is 577. The van der Waals surface area contributed by atoms with Crippen LogP contribution in [0.4, 0.5) is 0 Å². The van der Waals surface area contributed by atoms with Crippen molar-refractivity contribution in [2.45, 2.75) is 25.7 Å². The fraction of sp³-hybridized carbons (Fsp3) is 0.500. The number of allylic oxidation sites excluding steroid dienone is 2. The summed E-state index contributed by atoms with van der Waals surface area (Å²) < 4.78 is 5.39. The smallest absolute Gasteiger partial charge is 0.119 e. The molecule has 0 saturated carbocycles. The van der Waals surface area contributed by atoms with Gasteiger partial charge in [0.25, 0.3) is 0 Å². The topological polar surface area (TPSA) is 36.3 Å². The Balaban J connectivity index is 1.78. The van der Waals surface area contributed by atoms with E-state index in [2.05, 4.69) is 35.2 Å². The second-order valence-electron chi connectivity index (χ2n) is 5.93. The average Bonchev–Trinajstić information content (AvgIpc) is 2.55. The van der Waals surface area contributed by atoms with E-state index in [0.29, 0.717) is 12.5 Å². The Morgan fingerprint density at radius 3 is 2.86 bits per heavy atom. The minimum absolute atomic E-state index is 0.566. The summed E-state index contributed by atoms with van der Waals surface area (Å²) in [7, 11) is 1.73. The van der Waals surface area contributed by atoms with Crippen LogP contribution in [0.25, 0.3) is 5.57 Å². The Hall–Kier alpha value is -1.79. The lowest BCUT2D eigenvalue weighted by Crippen LogP contribution is -2.34. The normalized spacial score (nSPS) is 19.5. The number of piperidine rings is 1. The van der Waals surface area contributed by atoms with E-state index in [-0.39, 0.29) is 0 Å². The van der Waals surface area contributed by atoms with Crippen molar-refractivity contribution in [2.75, 3.05) is 26.7 Å². The largest absolute Gasteiger partial charge is 0.497 e. The second kappa shape index (κ2) is 6.32. The standard InChI is InChI=1S/C18H22N2O/c1-21-16-6-5-14-3-2-4-17(18(14)13-16)15-7-10-20(11-8-15)12-9-19/h4-6,13,15H,2-3,7-8,10-12H2,1H3. The highest BCUT2D eigenvalue weighted by Gasteiger charge is 2.25. The molecule has 1 aromatic rings. The lowest BCUT2D eigenvalue weighted by molar-refractivity contribution is 0.228. The number of likely N-dealkylation sites (tertiary alicyclic amines) is 1. The molecule has 1 aromatic carbocycles. The van der Waals surface area contributed by atoms with Gasteiger partial charge < -0.3 is 4.74 Å². The number of methoxy groups -OCH3 is 1. The van der Waals surface area contributed by atoms with Crippen molar-refractivity contribution < 1.29 is 4.74 Å². The molecule has 3 nitrogen and oxygen atoms in total. The van der Waals surface area contributed by atoms with Crippen molar-refractivity contribution in [2.24, 2.45) is 5.92 Å². The molecule has 0 N–H and O–H groups in total. The molecule has 1 fully saturated rings. The maximum Gasteiger partial charge on any atom is 0.119 e. The van der Waals surface area contributed by atoms with Crippen LogP contribution in [0.15, 0.2) is 24.3 Å². The van der Waals surface area contributed by atoms with Gasteiger partial charge in [0.1, 0.15) is 5.75 Å². The zero-order valence-electron chi connectivity index (χ0n) is 12.6. The van der Waals surface area contributed by atoms with Gasteiger partial charge in [-0.2, -0.15) is 5.26 Å². The molecule has 2 aliphatic rings. The van der Waals surface area contributed by atoms with Gasteiger partial charge in [-0.1, -0.05) is 12.1 Å². The molecule has 1 aliphatic carbocycles. The summed E-state index contributed by atoms with van der Waals surface area (Å²) in [6.07, 6.45) is 7.02. The molecule has 3 rings (SSSR count). The molecule has 0 atom stereocenters. The maximum absolute atomic E-state index is 8.80. The molecule has 0 spiro atoms. The molecule has 110 valence electrons. The predicted octanol–water partition coefficient (Wildman–Crippen LogP) is 3.26. The van der Waals surface area contributed by atoms with Gasteiger partial charge in [0.2, 0.25) is 0 Å². The summed E-state index contributed by atoms with van der Waals surface area (Å²) in [6, 6.07) is 8.73. The first kappa shape index (κ1) is 14.2. The van der Waals surface area contributed by atoms with Crippen LogP contribution in [-0.2, 0) is 6.42 Å². The summed E-state index contributed by atoms with van der Waals surface area (Å²) >= 11 is 0. The fourth-order valence-electron chi connectivity index (χ4n) is 3.55. The highest BCUT2D eigenvalue weighted by atomic mass is 16.5. The lowest BCUT2D eigenvalue weighted by Gasteiger charge is -2.33. The third-order valence-electron chi connectivity index (χ3n) is 4.73. The molecule has 0 aromatic heterocycles. The molecule has 1 saturated heterocycles. The predicted molar refractivity (Wildman–Crippen MR) is 84.1 cm³/mol. The Morgan fingerprint density at radius 2 is 2.14 bits per heavy atom. The number of nitriles is 1. The van der Waals surface area contributed by atoms with Gasteiger partial charge >= 0.3 is 0 Å². The highest BCUT2D eigenvalue weighted by molar-refractivity contribution is 5.73. The number of hydrogen-bond donors (Lipinski definition) is 0. The summed E-state index contributed by atoms with van der Waals surface area (Å²) in [5.74, 6) is 1.58. The zero-order chi connectivity index (χ0) is 14.7. The third-order valence-corrected chi connectivity index (χ3v) is 4.73. The molecule has 0 unspecified atom stereocenters. The van der Waals surface area contributed by atoms with E-state index in [1.165, 1.54) is 16.7 Å². The highest BCUT2D eigenvalue weighted by Crippen LogP contribution is 2.38. The number of nitrogens with zero attached hydrogens (tertiary/aromatic N) is 2. The zero-order valence-corrected chi connectivity index (χ0v) is 12.6. The Morgan fingerprint density at radius 1 is 1.33 bits per heavy atom. The monoisotopic (exact) mass is 282 g/mol. The van der Waals surface area contributed by atoms with Gasteiger partial charge in [-0.3, -0.25) is 4.90 Å². The molecule has 1 heterocycles. The summed E-state index contributed by atoms with van der Waals surface area (Å²) in [6.45, 7) is 2.64. The number of fused-ring (bicyclic) bond motifs is 1. The number of hydrogen-bond acceptors (Lipinski definition) is 3. The van der Waals surface area contributed by atoms with Crippen molar-refractivity contribution in [1.29, 1.82) is 5.26 Å². The minimum Gasteiger partial charge on any atom is -0.497 e. The van der Waals surface area contributed by atoms with Gasteiger partial charge in [-0.05, 0) is 73.5 Å². The van der Waals surface area contributed by atoms with Crippen LogP contribution in [0.5, 0.6) is 5.75 Å². The van der Waals surface area contributed by atoms with Crippen molar-refractivity contribution in [3.05, 3.63) is 35.4 Å². The molecule has 0 radical (unpaired) electrons. The summed E-state index contributed by atoms with van der Waals surface area (Å²) in [4.78, 5) is 2.26. The van der Waals surface area contributed by atoms with Crippen molar-refractivity contribution in [3.63, 3.8) is 0 Å². The summed E-state index contributed by atoms with van der Waals surface area (Å²) in [5, 5.41) is 8.80. The number of ether oxygens (including phenoxy) is 1. The molecule has 0 amide bonds. The van der Waals surface area contributed by atoms with E-state index in [1.54, 1.807) is 7.11 Å². The van der Waals surface area contributed by atoms with Gasteiger partial charge in [0.05, 0.1) is 19.7 Å². The van der Waals surface area contributed by atoms with Crippen LogP contribution in [-0.4, -0.2) is 31.6 Å². The van der Waals surface area contributed by atoms with E-state index < -0.39 is 0 Å². The maximum atomic E-state index is 8.80. The van der Waals surface area contributed by atoms with Gasteiger partial charge in [0, 0.05) is 0 Å². The second-order valence-corrected chi connectivity index (χ2v) is 5.93. The van der Waals surface area contributed by atoms with E-state index in [4.69, 9.17) is 10.00 Å². The van der Waals surface area contributed by atoms with Crippen molar-refractivity contribution in [1.82, 2.24) is 4.90 Å².